The fraction of sp³-hybridized carbons (Fsp3) is 0.0667. The van der Waals surface area contributed by atoms with Gasteiger partial charge in [-0.05, 0) is 41.8 Å². The number of carbonyl (C=O) groups is 1. The first kappa shape index (κ1) is 14.0. The smallest absolute Gasteiger partial charge is 0.382 e. The predicted octanol–water partition coefficient (Wildman–Crippen LogP) is 3.07. The van der Waals surface area contributed by atoms with Crippen molar-refractivity contribution in [3.8, 4) is 11.1 Å². The fourth-order valence-corrected chi connectivity index (χ4v) is 2.38. The number of rotatable bonds is 2. The van der Waals surface area contributed by atoms with E-state index in [0.717, 1.165) is 0 Å². The number of nitrogens with zero attached hydrogens (tertiary/aromatic N) is 2. The highest BCUT2D eigenvalue weighted by molar-refractivity contribution is 5.93. The van der Waals surface area contributed by atoms with Gasteiger partial charge in [0, 0.05) is 10.7 Å². The molecule has 0 aliphatic carbocycles. The Morgan fingerprint density at radius 1 is 1.32 bits per heavy atom. The molecular formula is C15H11F2N3O2. The predicted molar refractivity (Wildman–Crippen MR) is 76.3 cm³/mol. The number of aromatic nitrogens is 2. The SMILES string of the molecule is Cc1c(F)cccc1-c1ccc2nc(N)c(C(=O)OF)n2c1. The Hall–Kier alpha value is -2.96. The van der Waals surface area contributed by atoms with Crippen LogP contribution in [-0.2, 0) is 4.94 Å². The maximum absolute atomic E-state index is 13.7. The van der Waals surface area contributed by atoms with Gasteiger partial charge >= 0.3 is 5.97 Å². The number of nitrogen functional groups attached to an aromatic ring is 1. The number of anilines is 1. The summed E-state index contributed by atoms with van der Waals surface area (Å²) in [5.41, 5.74) is 7.50. The summed E-state index contributed by atoms with van der Waals surface area (Å²) in [6, 6.07) is 8.01. The molecule has 0 spiro atoms. The first-order valence-electron chi connectivity index (χ1n) is 6.39. The molecule has 112 valence electrons. The summed E-state index contributed by atoms with van der Waals surface area (Å²) in [6.07, 6.45) is 1.53. The minimum absolute atomic E-state index is 0.143. The Morgan fingerprint density at radius 3 is 2.82 bits per heavy atom. The Balaban J connectivity index is 2.25. The van der Waals surface area contributed by atoms with Gasteiger partial charge in [0.05, 0.1) is 0 Å². The molecule has 0 aliphatic rings. The largest absolute Gasteiger partial charge is 0.399 e. The van der Waals surface area contributed by atoms with Crippen molar-refractivity contribution in [3.05, 3.63) is 53.6 Å². The molecule has 2 heterocycles. The van der Waals surface area contributed by atoms with Crippen molar-refractivity contribution in [2.24, 2.45) is 0 Å². The molecule has 0 radical (unpaired) electrons. The summed E-state index contributed by atoms with van der Waals surface area (Å²) in [6.45, 7) is 1.65. The van der Waals surface area contributed by atoms with Gasteiger partial charge in [-0.3, -0.25) is 4.40 Å². The summed E-state index contributed by atoms with van der Waals surface area (Å²) in [7, 11) is 0. The van der Waals surface area contributed by atoms with Crippen LogP contribution in [0.4, 0.5) is 14.7 Å². The molecule has 2 aromatic heterocycles. The van der Waals surface area contributed by atoms with Gasteiger partial charge in [-0.25, -0.2) is 19.1 Å². The van der Waals surface area contributed by atoms with Gasteiger partial charge in [0.1, 0.15) is 11.5 Å². The van der Waals surface area contributed by atoms with Crippen LogP contribution in [-0.4, -0.2) is 15.4 Å². The van der Waals surface area contributed by atoms with E-state index in [1.54, 1.807) is 31.2 Å². The third kappa shape index (κ3) is 2.07. The quantitative estimate of drug-likeness (QED) is 0.790. The number of hydrogen-bond acceptors (Lipinski definition) is 4. The minimum atomic E-state index is -1.24. The third-order valence-corrected chi connectivity index (χ3v) is 3.49. The Morgan fingerprint density at radius 2 is 2.09 bits per heavy atom. The van der Waals surface area contributed by atoms with Crippen molar-refractivity contribution in [2.75, 3.05) is 5.73 Å². The second-order valence-corrected chi connectivity index (χ2v) is 4.77. The van der Waals surface area contributed by atoms with Crippen molar-refractivity contribution in [1.29, 1.82) is 0 Å². The van der Waals surface area contributed by atoms with E-state index >= 15 is 0 Å². The van der Waals surface area contributed by atoms with Gasteiger partial charge in [0.25, 0.3) is 0 Å². The number of carbonyl (C=O) groups excluding carboxylic acids is 1. The van der Waals surface area contributed by atoms with Crippen LogP contribution in [0.2, 0.25) is 0 Å². The zero-order chi connectivity index (χ0) is 15.9. The van der Waals surface area contributed by atoms with Crippen LogP contribution < -0.4 is 5.73 Å². The first-order valence-corrected chi connectivity index (χ1v) is 6.39. The van der Waals surface area contributed by atoms with E-state index in [1.807, 2.05) is 0 Å². The molecule has 3 rings (SSSR count). The number of hydrogen-bond donors (Lipinski definition) is 1. The normalized spacial score (nSPS) is 10.9. The van der Waals surface area contributed by atoms with Crippen LogP contribution in [0.3, 0.4) is 0 Å². The van der Waals surface area contributed by atoms with Crippen LogP contribution in [0, 0.1) is 12.7 Å². The topological polar surface area (TPSA) is 69.6 Å². The maximum atomic E-state index is 13.7. The molecule has 0 atom stereocenters. The van der Waals surface area contributed by atoms with E-state index in [-0.39, 0.29) is 17.3 Å². The molecular weight excluding hydrogens is 292 g/mol. The van der Waals surface area contributed by atoms with Crippen molar-refractivity contribution in [3.63, 3.8) is 0 Å². The van der Waals surface area contributed by atoms with E-state index in [9.17, 15) is 13.7 Å². The Kier molecular flexibility index (Phi) is 3.25. The average molecular weight is 303 g/mol. The van der Waals surface area contributed by atoms with Crippen molar-refractivity contribution >= 4 is 17.4 Å². The molecule has 5 nitrogen and oxygen atoms in total. The van der Waals surface area contributed by atoms with Crippen molar-refractivity contribution in [1.82, 2.24) is 9.38 Å². The highest BCUT2D eigenvalue weighted by Crippen LogP contribution is 2.27. The average Bonchev–Trinajstić information content (AvgIpc) is 2.84. The van der Waals surface area contributed by atoms with Crippen molar-refractivity contribution < 1.29 is 18.7 Å². The van der Waals surface area contributed by atoms with Crippen LogP contribution in [0.15, 0.2) is 36.5 Å². The standard InChI is InChI=1S/C15H11F2N3O2/c1-8-10(3-2-4-11(8)16)9-5-6-12-19-14(18)13(15(21)22-17)20(12)7-9/h2-7H,18H2,1H3. The van der Waals surface area contributed by atoms with Gasteiger partial charge in [-0.15, -0.1) is 0 Å². The highest BCUT2D eigenvalue weighted by Gasteiger charge is 2.20. The lowest BCUT2D eigenvalue weighted by Crippen LogP contribution is -2.06. The van der Waals surface area contributed by atoms with E-state index in [4.69, 9.17) is 5.73 Å². The van der Waals surface area contributed by atoms with E-state index < -0.39 is 5.97 Å². The summed E-state index contributed by atoms with van der Waals surface area (Å²) in [5, 5.41) is 0. The van der Waals surface area contributed by atoms with Crippen LogP contribution in [0.5, 0.6) is 0 Å². The van der Waals surface area contributed by atoms with Crippen LogP contribution in [0.25, 0.3) is 16.8 Å². The first-order chi connectivity index (χ1) is 10.5. The lowest BCUT2D eigenvalue weighted by molar-refractivity contribution is -0.0793. The molecule has 0 saturated carbocycles. The summed E-state index contributed by atoms with van der Waals surface area (Å²) < 4.78 is 27.2. The number of fused-ring (bicyclic) bond motifs is 1. The van der Waals surface area contributed by atoms with Gasteiger partial charge in [0.2, 0.25) is 0 Å². The second-order valence-electron chi connectivity index (χ2n) is 4.77. The van der Waals surface area contributed by atoms with Gasteiger partial charge in [-0.1, -0.05) is 12.1 Å². The Labute approximate surface area is 123 Å². The summed E-state index contributed by atoms with van der Waals surface area (Å²) >= 11 is 0. The lowest BCUT2D eigenvalue weighted by Gasteiger charge is -2.08. The van der Waals surface area contributed by atoms with Gasteiger partial charge in [0.15, 0.2) is 11.5 Å². The number of pyridine rings is 1. The van der Waals surface area contributed by atoms with Crippen molar-refractivity contribution in [2.45, 2.75) is 6.92 Å². The van der Waals surface area contributed by atoms with E-state index in [0.29, 0.717) is 22.3 Å². The minimum Gasteiger partial charge on any atom is -0.382 e. The molecule has 3 aromatic rings. The molecule has 0 unspecified atom stereocenters. The van der Waals surface area contributed by atoms with Gasteiger partial charge < -0.3 is 5.73 Å². The zero-order valence-corrected chi connectivity index (χ0v) is 11.5. The highest BCUT2D eigenvalue weighted by atomic mass is 19.3. The number of nitrogens with two attached hydrogens (primary N) is 1. The lowest BCUT2D eigenvalue weighted by atomic mass is 10.0. The zero-order valence-electron chi connectivity index (χ0n) is 11.5. The van der Waals surface area contributed by atoms with E-state index in [1.165, 1.54) is 16.7 Å². The molecule has 0 aliphatic heterocycles. The summed E-state index contributed by atoms with van der Waals surface area (Å²) in [5.74, 6) is -1.72. The summed E-state index contributed by atoms with van der Waals surface area (Å²) in [4.78, 5) is 18.7. The third-order valence-electron chi connectivity index (χ3n) is 3.49. The number of benzene rings is 1. The Bertz CT molecular complexity index is 890. The monoisotopic (exact) mass is 303 g/mol. The maximum Gasteiger partial charge on any atom is 0.399 e. The number of imidazole rings is 1. The van der Waals surface area contributed by atoms with Crippen LogP contribution in [0.1, 0.15) is 16.1 Å². The van der Waals surface area contributed by atoms with Crippen LogP contribution >= 0.6 is 0 Å². The molecule has 1 aromatic carbocycles. The molecule has 0 saturated heterocycles. The number of halogens is 2. The van der Waals surface area contributed by atoms with Gasteiger partial charge in [-0.2, -0.15) is 0 Å². The molecule has 7 heteroatoms. The molecule has 0 fully saturated rings. The molecule has 22 heavy (non-hydrogen) atoms. The fourth-order valence-electron chi connectivity index (χ4n) is 2.38. The second kappa shape index (κ2) is 5.10. The molecule has 2 N–H and O–H groups in total. The van der Waals surface area contributed by atoms with E-state index in [2.05, 4.69) is 9.93 Å². The molecule has 0 bridgehead atoms. The molecule has 0 amide bonds.